The Morgan fingerprint density at radius 3 is 3.00 bits per heavy atom. The Hall–Kier alpha value is -1.43. The Morgan fingerprint density at radius 1 is 1.60 bits per heavy atom. The quantitative estimate of drug-likeness (QED) is 0.661. The summed E-state index contributed by atoms with van der Waals surface area (Å²) in [5.74, 6) is 0.0203. The van der Waals surface area contributed by atoms with E-state index in [4.69, 9.17) is 0 Å². The number of hydrogen-bond donors (Lipinski definition) is 2. The van der Waals surface area contributed by atoms with Crippen molar-refractivity contribution in [2.45, 2.75) is 19.9 Å². The fraction of sp³-hybridized carbons (Fsp3) is 0.667. The van der Waals surface area contributed by atoms with Gasteiger partial charge in [-0.05, 0) is 6.42 Å². The lowest BCUT2D eigenvalue weighted by Gasteiger charge is -2.05. The van der Waals surface area contributed by atoms with Crippen LogP contribution in [0.1, 0.15) is 19.0 Å². The number of nitrogens with one attached hydrogen (secondary N) is 2. The second-order valence-electron chi connectivity index (χ2n) is 3.30. The Kier molecular flexibility index (Phi) is 4.76. The molecule has 0 saturated heterocycles. The minimum absolute atomic E-state index is 0.0203. The van der Waals surface area contributed by atoms with Gasteiger partial charge in [-0.15, -0.1) is 5.10 Å². The summed E-state index contributed by atoms with van der Waals surface area (Å²) in [4.78, 5) is 11.2. The molecule has 15 heavy (non-hydrogen) atoms. The maximum atomic E-state index is 11.2. The highest BCUT2D eigenvalue weighted by molar-refractivity contribution is 5.77. The van der Waals surface area contributed by atoms with E-state index < -0.39 is 0 Å². The molecule has 0 aliphatic heterocycles. The van der Waals surface area contributed by atoms with Gasteiger partial charge in [0.2, 0.25) is 5.91 Å². The van der Waals surface area contributed by atoms with Crippen molar-refractivity contribution >= 4 is 5.91 Å². The number of hydrogen-bond acceptors (Lipinski definition) is 4. The molecule has 1 heterocycles. The van der Waals surface area contributed by atoms with Crippen LogP contribution in [0.25, 0.3) is 0 Å². The van der Waals surface area contributed by atoms with E-state index in [1.807, 2.05) is 14.0 Å². The van der Waals surface area contributed by atoms with Gasteiger partial charge in [0, 0.05) is 20.1 Å². The molecular formula is C9H17N5O. The van der Waals surface area contributed by atoms with Crippen molar-refractivity contribution in [3.63, 3.8) is 0 Å². The van der Waals surface area contributed by atoms with Crippen LogP contribution in [0.5, 0.6) is 0 Å². The minimum atomic E-state index is 0.0203. The summed E-state index contributed by atoms with van der Waals surface area (Å²) in [7, 11) is 1.82. The van der Waals surface area contributed by atoms with Gasteiger partial charge in [0.15, 0.2) is 0 Å². The van der Waals surface area contributed by atoms with E-state index in [1.165, 1.54) is 0 Å². The highest BCUT2D eigenvalue weighted by Gasteiger charge is 2.01. The van der Waals surface area contributed by atoms with Crippen molar-refractivity contribution in [1.29, 1.82) is 0 Å². The second kappa shape index (κ2) is 6.13. The third-order valence-electron chi connectivity index (χ3n) is 1.97. The zero-order valence-corrected chi connectivity index (χ0v) is 9.16. The number of rotatable bonds is 6. The number of aryl methyl sites for hydroxylation is 1. The molecule has 0 fully saturated rings. The molecule has 1 amide bonds. The molecule has 0 radical (unpaired) electrons. The van der Waals surface area contributed by atoms with Gasteiger partial charge in [0.1, 0.15) is 0 Å². The van der Waals surface area contributed by atoms with Crippen molar-refractivity contribution in [2.75, 3.05) is 13.1 Å². The van der Waals surface area contributed by atoms with Crippen LogP contribution in [-0.2, 0) is 18.4 Å². The van der Waals surface area contributed by atoms with E-state index in [-0.39, 0.29) is 5.91 Å². The molecule has 0 unspecified atom stereocenters. The molecule has 1 rings (SSSR count). The molecule has 0 aliphatic rings. The highest BCUT2D eigenvalue weighted by atomic mass is 16.1. The van der Waals surface area contributed by atoms with E-state index in [9.17, 15) is 4.79 Å². The summed E-state index contributed by atoms with van der Waals surface area (Å²) in [5, 5.41) is 13.3. The fourth-order valence-corrected chi connectivity index (χ4v) is 1.10. The summed E-state index contributed by atoms with van der Waals surface area (Å²) in [5.41, 5.74) is 0.957. The topological polar surface area (TPSA) is 71.8 Å². The van der Waals surface area contributed by atoms with Gasteiger partial charge in [-0.3, -0.25) is 9.48 Å². The molecule has 0 spiro atoms. The van der Waals surface area contributed by atoms with Crippen molar-refractivity contribution in [1.82, 2.24) is 25.6 Å². The van der Waals surface area contributed by atoms with Gasteiger partial charge < -0.3 is 10.6 Å². The van der Waals surface area contributed by atoms with Crippen LogP contribution in [0.15, 0.2) is 6.20 Å². The molecule has 0 atom stereocenters. The Labute approximate surface area is 89.0 Å². The first-order valence-electron chi connectivity index (χ1n) is 5.05. The Morgan fingerprint density at radius 2 is 2.40 bits per heavy atom. The lowest BCUT2D eigenvalue weighted by molar-refractivity contribution is -0.120. The van der Waals surface area contributed by atoms with Crippen molar-refractivity contribution in [3.05, 3.63) is 11.9 Å². The minimum Gasteiger partial charge on any atom is -0.355 e. The van der Waals surface area contributed by atoms with Gasteiger partial charge in [-0.25, -0.2) is 0 Å². The molecule has 84 valence electrons. The number of nitrogens with zero attached hydrogens (tertiary/aromatic N) is 3. The molecule has 0 aliphatic carbocycles. The third-order valence-corrected chi connectivity index (χ3v) is 1.97. The predicted octanol–water partition coefficient (Wildman–Crippen LogP) is -0.569. The summed E-state index contributed by atoms with van der Waals surface area (Å²) < 4.78 is 1.68. The van der Waals surface area contributed by atoms with Crippen molar-refractivity contribution in [3.8, 4) is 0 Å². The zero-order valence-electron chi connectivity index (χ0n) is 9.16. The summed E-state index contributed by atoms with van der Waals surface area (Å²) in [6.07, 6.45) is 2.63. The normalized spacial score (nSPS) is 10.3. The predicted molar refractivity (Wildman–Crippen MR) is 56.0 cm³/mol. The molecule has 2 N–H and O–H groups in total. The van der Waals surface area contributed by atoms with Crippen LogP contribution < -0.4 is 10.6 Å². The van der Waals surface area contributed by atoms with Crippen molar-refractivity contribution in [2.24, 2.45) is 7.05 Å². The highest BCUT2D eigenvalue weighted by Crippen LogP contribution is 1.90. The van der Waals surface area contributed by atoms with Gasteiger partial charge in [0.25, 0.3) is 0 Å². The monoisotopic (exact) mass is 211 g/mol. The number of amides is 1. The molecule has 6 nitrogen and oxygen atoms in total. The largest absolute Gasteiger partial charge is 0.355 e. The second-order valence-corrected chi connectivity index (χ2v) is 3.30. The average Bonchev–Trinajstić information content (AvgIpc) is 2.61. The summed E-state index contributed by atoms with van der Waals surface area (Å²) >= 11 is 0. The smallest absolute Gasteiger partial charge is 0.233 e. The van der Waals surface area contributed by atoms with E-state index in [0.29, 0.717) is 13.1 Å². The van der Waals surface area contributed by atoms with Gasteiger partial charge >= 0.3 is 0 Å². The molecule has 0 bridgehead atoms. The molecular weight excluding hydrogens is 194 g/mol. The first kappa shape index (κ1) is 11.6. The lowest BCUT2D eigenvalue weighted by Crippen LogP contribution is -2.34. The maximum Gasteiger partial charge on any atom is 0.233 e. The van der Waals surface area contributed by atoms with E-state index in [0.717, 1.165) is 18.7 Å². The number of carbonyl (C=O) groups is 1. The SMILES string of the molecule is CCCNC(=O)CNCc1cnnn1C. The molecule has 0 aromatic carbocycles. The maximum absolute atomic E-state index is 11.2. The molecule has 0 saturated carbocycles. The standard InChI is InChI=1S/C9H17N5O/c1-3-4-11-9(15)7-10-5-8-6-12-13-14(8)2/h6,10H,3-5,7H2,1-2H3,(H,11,15). The van der Waals surface area contributed by atoms with Gasteiger partial charge in [-0.1, -0.05) is 12.1 Å². The lowest BCUT2D eigenvalue weighted by atomic mass is 10.4. The van der Waals surface area contributed by atoms with Crippen LogP contribution in [0, 0.1) is 0 Å². The van der Waals surface area contributed by atoms with E-state index in [1.54, 1.807) is 10.9 Å². The summed E-state index contributed by atoms with van der Waals surface area (Å²) in [6.45, 7) is 3.68. The first-order chi connectivity index (χ1) is 7.24. The van der Waals surface area contributed by atoms with Crippen LogP contribution >= 0.6 is 0 Å². The van der Waals surface area contributed by atoms with Crippen LogP contribution in [-0.4, -0.2) is 34.0 Å². The summed E-state index contributed by atoms with van der Waals surface area (Å²) in [6, 6.07) is 0. The van der Waals surface area contributed by atoms with Gasteiger partial charge in [0.05, 0.1) is 18.4 Å². The Balaban J connectivity index is 2.16. The van der Waals surface area contributed by atoms with E-state index >= 15 is 0 Å². The Bertz CT molecular complexity index is 309. The van der Waals surface area contributed by atoms with Crippen LogP contribution in [0.4, 0.5) is 0 Å². The molecule has 1 aromatic heterocycles. The molecule has 6 heteroatoms. The van der Waals surface area contributed by atoms with E-state index in [2.05, 4.69) is 20.9 Å². The zero-order chi connectivity index (χ0) is 11.1. The fourth-order valence-electron chi connectivity index (χ4n) is 1.10. The average molecular weight is 211 g/mol. The third kappa shape index (κ3) is 4.07. The first-order valence-corrected chi connectivity index (χ1v) is 5.05. The van der Waals surface area contributed by atoms with Crippen LogP contribution in [0.2, 0.25) is 0 Å². The number of carbonyl (C=O) groups excluding carboxylic acids is 1. The van der Waals surface area contributed by atoms with Crippen LogP contribution in [0.3, 0.4) is 0 Å². The molecule has 1 aromatic rings. The number of aromatic nitrogens is 3. The van der Waals surface area contributed by atoms with Gasteiger partial charge in [-0.2, -0.15) is 0 Å². The van der Waals surface area contributed by atoms with Crippen molar-refractivity contribution < 1.29 is 4.79 Å².